The highest BCUT2D eigenvalue weighted by atomic mass is 32.2. The molecule has 0 spiro atoms. The summed E-state index contributed by atoms with van der Waals surface area (Å²) in [7, 11) is 0. The number of fused-ring (bicyclic) bond motifs is 1. The summed E-state index contributed by atoms with van der Waals surface area (Å²) < 4.78 is 12.5. The maximum atomic E-state index is 12.0. The number of rotatable bonds is 8. The van der Waals surface area contributed by atoms with E-state index in [1.807, 2.05) is 31.2 Å². The van der Waals surface area contributed by atoms with Gasteiger partial charge in [-0.25, -0.2) is 10.4 Å². The fourth-order valence-corrected chi connectivity index (χ4v) is 4.22. The van der Waals surface area contributed by atoms with Crippen molar-refractivity contribution in [2.75, 3.05) is 12.4 Å². The molecule has 9 heteroatoms. The molecule has 0 fully saturated rings. The van der Waals surface area contributed by atoms with E-state index < -0.39 is 5.97 Å². The van der Waals surface area contributed by atoms with Gasteiger partial charge in [0, 0.05) is 6.92 Å². The second-order valence-electron chi connectivity index (χ2n) is 5.76. The van der Waals surface area contributed by atoms with Crippen molar-refractivity contribution >= 4 is 51.4 Å². The minimum Gasteiger partial charge on any atom is -0.490 e. The summed E-state index contributed by atoms with van der Waals surface area (Å²) in [5.41, 5.74) is 4.12. The van der Waals surface area contributed by atoms with Crippen LogP contribution in [-0.4, -0.2) is 35.4 Å². The molecule has 2 aromatic carbocycles. The molecule has 0 aliphatic heterocycles. The topological polar surface area (TPSA) is 89.9 Å². The summed E-state index contributed by atoms with van der Waals surface area (Å²) in [6.45, 7) is 3.59. The number of aromatic nitrogens is 1. The van der Waals surface area contributed by atoms with Gasteiger partial charge in [0.05, 0.1) is 28.8 Å². The summed E-state index contributed by atoms with van der Waals surface area (Å²) in [5, 5.41) is 3.97. The Kier molecular flexibility index (Phi) is 7.20. The largest absolute Gasteiger partial charge is 0.490 e. The molecule has 0 saturated heterocycles. The molecule has 3 aromatic rings. The number of nitrogens with zero attached hydrogens (tertiary/aromatic N) is 2. The van der Waals surface area contributed by atoms with Crippen LogP contribution >= 0.6 is 23.1 Å². The van der Waals surface area contributed by atoms with Gasteiger partial charge in [-0.05, 0) is 42.8 Å². The van der Waals surface area contributed by atoms with E-state index in [4.69, 9.17) is 9.47 Å². The number of hydrogen-bond acceptors (Lipinski definition) is 8. The summed E-state index contributed by atoms with van der Waals surface area (Å²) >= 11 is 2.93. The normalized spacial score (nSPS) is 11.0. The lowest BCUT2D eigenvalue weighted by Crippen LogP contribution is -2.19. The van der Waals surface area contributed by atoms with Crippen molar-refractivity contribution in [3.8, 4) is 11.5 Å². The Hall–Kier alpha value is -2.91. The number of benzene rings is 2. The smallest absolute Gasteiger partial charge is 0.308 e. The van der Waals surface area contributed by atoms with Gasteiger partial charge in [0.15, 0.2) is 15.8 Å². The minimum absolute atomic E-state index is 0.215. The quantitative estimate of drug-likeness (QED) is 0.192. The molecular weight excluding hydrogens is 410 g/mol. The molecular formula is C20H19N3O4S2. The number of thioether (sulfide) groups is 1. The van der Waals surface area contributed by atoms with E-state index in [0.717, 1.165) is 14.6 Å². The molecule has 0 atom stereocenters. The Morgan fingerprint density at radius 3 is 2.83 bits per heavy atom. The van der Waals surface area contributed by atoms with Crippen LogP contribution in [-0.2, 0) is 9.59 Å². The fraction of sp³-hybridized carbons (Fsp3) is 0.200. The van der Waals surface area contributed by atoms with E-state index in [0.29, 0.717) is 23.7 Å². The number of amides is 1. The van der Waals surface area contributed by atoms with Gasteiger partial charge in [-0.2, -0.15) is 5.10 Å². The van der Waals surface area contributed by atoms with E-state index in [2.05, 4.69) is 15.5 Å². The van der Waals surface area contributed by atoms with Crippen LogP contribution < -0.4 is 14.9 Å². The Morgan fingerprint density at radius 1 is 1.24 bits per heavy atom. The Morgan fingerprint density at radius 2 is 2.07 bits per heavy atom. The second-order valence-corrected chi connectivity index (χ2v) is 8.02. The molecule has 1 heterocycles. The Bertz CT molecular complexity index is 1020. The van der Waals surface area contributed by atoms with Gasteiger partial charge >= 0.3 is 5.97 Å². The predicted octanol–water partition coefficient (Wildman–Crippen LogP) is 3.86. The van der Waals surface area contributed by atoms with E-state index in [9.17, 15) is 9.59 Å². The van der Waals surface area contributed by atoms with Gasteiger partial charge in [0.1, 0.15) is 0 Å². The zero-order chi connectivity index (χ0) is 20.6. The zero-order valence-corrected chi connectivity index (χ0v) is 17.5. The maximum Gasteiger partial charge on any atom is 0.308 e. The van der Waals surface area contributed by atoms with E-state index >= 15 is 0 Å². The van der Waals surface area contributed by atoms with Gasteiger partial charge in [0.25, 0.3) is 5.91 Å². The van der Waals surface area contributed by atoms with Crippen LogP contribution in [0.15, 0.2) is 51.9 Å². The van der Waals surface area contributed by atoms with Crippen molar-refractivity contribution < 1.29 is 19.1 Å². The molecule has 29 heavy (non-hydrogen) atoms. The number of thiazole rings is 1. The van der Waals surface area contributed by atoms with Crippen LogP contribution in [0.25, 0.3) is 10.2 Å². The van der Waals surface area contributed by atoms with Crippen LogP contribution in [0.1, 0.15) is 19.4 Å². The first-order valence-electron chi connectivity index (χ1n) is 8.80. The van der Waals surface area contributed by atoms with Gasteiger partial charge in [-0.15, -0.1) is 11.3 Å². The first-order chi connectivity index (χ1) is 14.0. The molecule has 0 aliphatic carbocycles. The number of carbonyl (C=O) groups is 2. The number of esters is 1. The SMILES string of the molecule is CCOc1cc(/C=N\NC(=O)CSc2nc3ccccc3s2)ccc1OC(C)=O. The van der Waals surface area contributed by atoms with Gasteiger partial charge in [-0.3, -0.25) is 9.59 Å². The summed E-state index contributed by atoms with van der Waals surface area (Å²) in [6, 6.07) is 12.9. The average Bonchev–Trinajstić information content (AvgIpc) is 3.11. The highest BCUT2D eigenvalue weighted by molar-refractivity contribution is 8.01. The number of carbonyl (C=O) groups excluding carboxylic acids is 2. The Balaban J connectivity index is 1.54. The monoisotopic (exact) mass is 429 g/mol. The van der Waals surface area contributed by atoms with Gasteiger partial charge in [0.2, 0.25) is 0 Å². The van der Waals surface area contributed by atoms with Crippen molar-refractivity contribution in [3.63, 3.8) is 0 Å². The number of para-hydroxylation sites is 1. The van der Waals surface area contributed by atoms with Crippen LogP contribution in [0.5, 0.6) is 11.5 Å². The molecule has 1 N–H and O–H groups in total. The first kappa shape index (κ1) is 20.8. The van der Waals surface area contributed by atoms with E-state index in [-0.39, 0.29) is 11.7 Å². The van der Waals surface area contributed by atoms with Crippen molar-refractivity contribution in [2.45, 2.75) is 18.2 Å². The van der Waals surface area contributed by atoms with Crippen molar-refractivity contribution in [3.05, 3.63) is 48.0 Å². The highest BCUT2D eigenvalue weighted by Crippen LogP contribution is 2.29. The van der Waals surface area contributed by atoms with Crippen LogP contribution in [0.4, 0.5) is 0 Å². The van der Waals surface area contributed by atoms with Crippen molar-refractivity contribution in [1.82, 2.24) is 10.4 Å². The van der Waals surface area contributed by atoms with Crippen LogP contribution in [0.3, 0.4) is 0 Å². The molecule has 3 rings (SSSR count). The summed E-state index contributed by atoms with van der Waals surface area (Å²) in [6.07, 6.45) is 1.50. The maximum absolute atomic E-state index is 12.0. The lowest BCUT2D eigenvalue weighted by molar-refractivity contribution is -0.132. The fourth-order valence-electron chi connectivity index (χ4n) is 2.36. The number of hydrogen-bond donors (Lipinski definition) is 1. The minimum atomic E-state index is -0.426. The summed E-state index contributed by atoms with van der Waals surface area (Å²) in [4.78, 5) is 27.7. The van der Waals surface area contributed by atoms with Crippen molar-refractivity contribution in [2.24, 2.45) is 5.10 Å². The zero-order valence-electron chi connectivity index (χ0n) is 15.9. The summed E-state index contributed by atoms with van der Waals surface area (Å²) in [5.74, 6) is 0.335. The molecule has 0 unspecified atom stereocenters. The number of ether oxygens (including phenoxy) is 2. The predicted molar refractivity (Wildman–Crippen MR) is 115 cm³/mol. The van der Waals surface area contributed by atoms with Gasteiger partial charge in [-0.1, -0.05) is 23.9 Å². The molecule has 1 amide bonds. The van der Waals surface area contributed by atoms with Crippen LogP contribution in [0, 0.1) is 0 Å². The molecule has 0 radical (unpaired) electrons. The lowest BCUT2D eigenvalue weighted by atomic mass is 10.2. The molecule has 1 aromatic heterocycles. The first-order valence-corrected chi connectivity index (χ1v) is 10.6. The third kappa shape index (κ3) is 6.03. The van der Waals surface area contributed by atoms with Gasteiger partial charge < -0.3 is 9.47 Å². The second kappa shape index (κ2) is 10.0. The van der Waals surface area contributed by atoms with Crippen molar-refractivity contribution in [1.29, 1.82) is 0 Å². The third-order valence-corrected chi connectivity index (χ3v) is 5.70. The molecule has 0 aliphatic rings. The lowest BCUT2D eigenvalue weighted by Gasteiger charge is -2.10. The molecule has 7 nitrogen and oxygen atoms in total. The highest BCUT2D eigenvalue weighted by Gasteiger charge is 2.09. The number of hydrazone groups is 1. The third-order valence-electron chi connectivity index (χ3n) is 3.53. The van der Waals surface area contributed by atoms with E-state index in [1.54, 1.807) is 29.5 Å². The van der Waals surface area contributed by atoms with Crippen LogP contribution in [0.2, 0.25) is 0 Å². The van der Waals surface area contributed by atoms with E-state index in [1.165, 1.54) is 24.9 Å². The molecule has 0 saturated carbocycles. The number of nitrogens with one attached hydrogen (secondary N) is 1. The Labute approximate surface area is 176 Å². The molecule has 150 valence electrons. The standard InChI is InChI=1S/C20H19N3O4S2/c1-3-26-17-10-14(8-9-16(17)27-13(2)24)11-21-23-19(25)12-28-20-22-15-6-4-5-7-18(15)29-20/h4-11H,3,12H2,1-2H3,(H,23,25)/b21-11-. The average molecular weight is 430 g/mol. The molecule has 0 bridgehead atoms.